The minimum Gasteiger partial charge on any atom is -0.454 e. The second-order valence-corrected chi connectivity index (χ2v) is 8.24. The van der Waals surface area contributed by atoms with Crippen LogP contribution in [0.1, 0.15) is 42.3 Å². The van der Waals surface area contributed by atoms with Gasteiger partial charge in [-0.05, 0) is 31.5 Å². The van der Waals surface area contributed by atoms with Gasteiger partial charge in [0.25, 0.3) is 0 Å². The van der Waals surface area contributed by atoms with E-state index in [0.717, 1.165) is 22.4 Å². The summed E-state index contributed by atoms with van der Waals surface area (Å²) in [5.41, 5.74) is 4.16. The van der Waals surface area contributed by atoms with Crippen LogP contribution in [0.25, 0.3) is 16.9 Å². The number of para-hydroxylation sites is 1. The number of ether oxygens (including phenoxy) is 1. The van der Waals surface area contributed by atoms with Gasteiger partial charge in [0, 0.05) is 17.2 Å². The number of hydrogen-bond acceptors (Lipinski definition) is 4. The maximum atomic E-state index is 12.9. The van der Waals surface area contributed by atoms with E-state index in [0.29, 0.717) is 11.3 Å². The number of rotatable bonds is 5. The summed E-state index contributed by atoms with van der Waals surface area (Å²) in [5.74, 6) is -0.686. The first kappa shape index (κ1) is 20.5. The Morgan fingerprint density at radius 3 is 2.34 bits per heavy atom. The van der Waals surface area contributed by atoms with Crippen LogP contribution in [0.15, 0.2) is 54.7 Å². The van der Waals surface area contributed by atoms with Crippen molar-refractivity contribution in [3.63, 3.8) is 0 Å². The van der Waals surface area contributed by atoms with Gasteiger partial charge >= 0.3 is 5.97 Å². The van der Waals surface area contributed by atoms with Crippen molar-refractivity contribution < 1.29 is 14.3 Å². The monoisotopic (exact) mass is 390 g/mol. The summed E-state index contributed by atoms with van der Waals surface area (Å²) in [7, 11) is 0. The Kier molecular flexibility index (Phi) is 5.69. The molecule has 29 heavy (non-hydrogen) atoms. The fourth-order valence-electron chi connectivity index (χ4n) is 2.94. The standard InChI is InChI=1S/C24H26N2O3/c1-16-11-12-19(17(2)13-16)22-20(23(28)29-15-21(27)24(3,4)5)14-26(25-22)18-9-7-6-8-10-18/h6-14H,15H2,1-5H3. The SMILES string of the molecule is Cc1ccc(-c2nn(-c3ccccc3)cc2C(=O)OCC(=O)C(C)(C)C)c(C)c1. The molecule has 3 aromatic rings. The molecule has 0 fully saturated rings. The molecule has 0 aliphatic heterocycles. The number of hydrogen-bond donors (Lipinski definition) is 0. The molecule has 0 unspecified atom stereocenters. The highest BCUT2D eigenvalue weighted by Gasteiger charge is 2.25. The van der Waals surface area contributed by atoms with Crippen LogP contribution >= 0.6 is 0 Å². The van der Waals surface area contributed by atoms with Crippen molar-refractivity contribution >= 4 is 11.8 Å². The Labute approximate surface area is 171 Å². The highest BCUT2D eigenvalue weighted by atomic mass is 16.5. The van der Waals surface area contributed by atoms with Crippen molar-refractivity contribution in [1.82, 2.24) is 9.78 Å². The van der Waals surface area contributed by atoms with Gasteiger partial charge in [-0.2, -0.15) is 5.10 Å². The lowest BCUT2D eigenvalue weighted by Crippen LogP contribution is -2.26. The Balaban J connectivity index is 2.01. The molecule has 1 aromatic heterocycles. The molecule has 5 nitrogen and oxygen atoms in total. The van der Waals surface area contributed by atoms with E-state index in [4.69, 9.17) is 4.74 Å². The van der Waals surface area contributed by atoms with Crippen LogP contribution in [0, 0.1) is 19.3 Å². The summed E-state index contributed by atoms with van der Waals surface area (Å²) in [4.78, 5) is 25.0. The smallest absolute Gasteiger partial charge is 0.342 e. The third kappa shape index (κ3) is 4.62. The van der Waals surface area contributed by atoms with E-state index in [-0.39, 0.29) is 12.4 Å². The highest BCUT2D eigenvalue weighted by molar-refractivity contribution is 5.98. The van der Waals surface area contributed by atoms with Crippen molar-refractivity contribution in [3.8, 4) is 16.9 Å². The first-order valence-corrected chi connectivity index (χ1v) is 9.60. The van der Waals surface area contributed by atoms with Crippen molar-refractivity contribution in [2.24, 2.45) is 5.41 Å². The lowest BCUT2D eigenvalue weighted by Gasteiger charge is -2.16. The van der Waals surface area contributed by atoms with Crippen LogP contribution in [-0.2, 0) is 9.53 Å². The minimum absolute atomic E-state index is 0.130. The quantitative estimate of drug-likeness (QED) is 0.580. The summed E-state index contributed by atoms with van der Waals surface area (Å²) in [6.45, 7) is 9.16. The Morgan fingerprint density at radius 1 is 1.03 bits per heavy atom. The Morgan fingerprint density at radius 2 is 1.72 bits per heavy atom. The molecular formula is C24H26N2O3. The van der Waals surface area contributed by atoms with Gasteiger partial charge in [0.1, 0.15) is 11.3 Å². The third-order valence-corrected chi connectivity index (χ3v) is 4.76. The van der Waals surface area contributed by atoms with E-state index in [1.807, 2.05) is 56.3 Å². The van der Waals surface area contributed by atoms with Gasteiger partial charge in [0.05, 0.1) is 5.69 Å². The second-order valence-electron chi connectivity index (χ2n) is 8.24. The molecule has 2 aromatic carbocycles. The molecule has 0 saturated carbocycles. The molecule has 150 valence electrons. The molecule has 1 heterocycles. The van der Waals surface area contributed by atoms with Gasteiger partial charge in [0.2, 0.25) is 0 Å². The third-order valence-electron chi connectivity index (χ3n) is 4.76. The number of Topliss-reactive ketones (excluding diaryl/α,β-unsaturated/α-hetero) is 1. The summed E-state index contributed by atoms with van der Waals surface area (Å²) in [6, 6.07) is 15.6. The van der Waals surface area contributed by atoms with Crippen LogP contribution in [-0.4, -0.2) is 28.1 Å². The Hall–Kier alpha value is -3.21. The van der Waals surface area contributed by atoms with E-state index in [1.165, 1.54) is 0 Å². The predicted molar refractivity (Wildman–Crippen MR) is 113 cm³/mol. The molecule has 0 bridgehead atoms. The van der Waals surface area contributed by atoms with Crippen LogP contribution in [0.5, 0.6) is 0 Å². The molecule has 0 N–H and O–H groups in total. The molecule has 0 aliphatic carbocycles. The predicted octanol–water partition coefficient (Wildman–Crippen LogP) is 4.93. The molecule has 0 amide bonds. The Bertz CT molecular complexity index is 1040. The molecular weight excluding hydrogens is 364 g/mol. The molecule has 0 radical (unpaired) electrons. The highest BCUT2D eigenvalue weighted by Crippen LogP contribution is 2.28. The fraction of sp³-hybridized carbons (Fsp3) is 0.292. The van der Waals surface area contributed by atoms with Crippen LogP contribution in [0.2, 0.25) is 0 Å². The largest absolute Gasteiger partial charge is 0.454 e. The lowest BCUT2D eigenvalue weighted by atomic mass is 9.91. The molecule has 0 spiro atoms. The molecule has 5 heteroatoms. The van der Waals surface area contributed by atoms with Crippen LogP contribution in [0.4, 0.5) is 0 Å². The number of carbonyl (C=O) groups excluding carboxylic acids is 2. The van der Waals surface area contributed by atoms with Gasteiger partial charge in [-0.3, -0.25) is 4.79 Å². The van der Waals surface area contributed by atoms with Gasteiger partial charge in [-0.25, -0.2) is 9.48 Å². The summed E-state index contributed by atoms with van der Waals surface area (Å²) in [6.07, 6.45) is 1.66. The van der Waals surface area contributed by atoms with Gasteiger partial charge in [0.15, 0.2) is 12.4 Å². The number of aromatic nitrogens is 2. The van der Waals surface area contributed by atoms with E-state index in [9.17, 15) is 9.59 Å². The van der Waals surface area contributed by atoms with Crippen molar-refractivity contribution in [1.29, 1.82) is 0 Å². The van der Waals surface area contributed by atoms with Crippen molar-refractivity contribution in [2.45, 2.75) is 34.6 Å². The maximum Gasteiger partial charge on any atom is 0.342 e. The van der Waals surface area contributed by atoms with Crippen molar-refractivity contribution in [3.05, 3.63) is 71.4 Å². The van der Waals surface area contributed by atoms with E-state index in [2.05, 4.69) is 11.2 Å². The zero-order valence-electron chi connectivity index (χ0n) is 17.5. The van der Waals surface area contributed by atoms with E-state index in [1.54, 1.807) is 31.6 Å². The first-order valence-electron chi connectivity index (χ1n) is 9.60. The topological polar surface area (TPSA) is 61.2 Å². The van der Waals surface area contributed by atoms with Gasteiger partial charge < -0.3 is 4.74 Å². The molecule has 0 aliphatic rings. The van der Waals surface area contributed by atoms with Crippen LogP contribution < -0.4 is 0 Å². The zero-order chi connectivity index (χ0) is 21.2. The summed E-state index contributed by atoms with van der Waals surface area (Å²) < 4.78 is 7.01. The lowest BCUT2D eigenvalue weighted by molar-refractivity contribution is -0.129. The fourth-order valence-corrected chi connectivity index (χ4v) is 2.94. The number of benzene rings is 2. The summed E-state index contributed by atoms with van der Waals surface area (Å²) >= 11 is 0. The number of carbonyl (C=O) groups is 2. The molecule has 3 rings (SSSR count). The van der Waals surface area contributed by atoms with Gasteiger partial charge in [-0.15, -0.1) is 0 Å². The molecule has 0 saturated heterocycles. The van der Waals surface area contributed by atoms with Crippen molar-refractivity contribution in [2.75, 3.05) is 6.61 Å². The number of aryl methyl sites for hydroxylation is 2. The number of nitrogens with zero attached hydrogens (tertiary/aromatic N) is 2. The average molecular weight is 390 g/mol. The first-order chi connectivity index (χ1) is 13.7. The second kappa shape index (κ2) is 8.03. The minimum atomic E-state index is -0.565. The average Bonchev–Trinajstić information content (AvgIpc) is 3.11. The number of esters is 1. The van der Waals surface area contributed by atoms with Gasteiger partial charge in [-0.1, -0.05) is 62.7 Å². The number of ketones is 1. The maximum absolute atomic E-state index is 12.9. The van der Waals surface area contributed by atoms with E-state index >= 15 is 0 Å². The normalized spacial score (nSPS) is 11.3. The zero-order valence-corrected chi connectivity index (χ0v) is 17.5. The molecule has 0 atom stereocenters. The summed E-state index contributed by atoms with van der Waals surface area (Å²) in [5, 5.41) is 4.67. The van der Waals surface area contributed by atoms with Crippen LogP contribution in [0.3, 0.4) is 0 Å². The van der Waals surface area contributed by atoms with E-state index < -0.39 is 11.4 Å².